The molecule has 3 rings (SSSR count). The van der Waals surface area contributed by atoms with Gasteiger partial charge >= 0.3 is 5.97 Å². The summed E-state index contributed by atoms with van der Waals surface area (Å²) in [5.41, 5.74) is 0.687. The number of aromatic amines is 1. The Labute approximate surface area is 134 Å². The second kappa shape index (κ2) is 6.17. The molecule has 2 N–H and O–H groups in total. The van der Waals surface area contributed by atoms with E-state index in [1.165, 1.54) is 25.7 Å². The second-order valence-electron chi connectivity index (χ2n) is 4.66. The van der Waals surface area contributed by atoms with E-state index < -0.39 is 17.7 Å². The number of benzene rings is 1. The van der Waals surface area contributed by atoms with Crippen molar-refractivity contribution in [3.05, 3.63) is 52.7 Å². The van der Waals surface area contributed by atoms with Gasteiger partial charge in [0, 0.05) is 22.2 Å². The zero-order chi connectivity index (χ0) is 16.4. The van der Waals surface area contributed by atoms with Crippen LogP contribution in [0.15, 0.2) is 30.7 Å². The van der Waals surface area contributed by atoms with Gasteiger partial charge in [0.2, 0.25) is 0 Å². The number of hydrogen-bond donors (Lipinski definition) is 2. The lowest BCUT2D eigenvalue weighted by Crippen LogP contribution is -2.24. The van der Waals surface area contributed by atoms with Crippen molar-refractivity contribution < 1.29 is 18.7 Å². The number of rotatable bonds is 4. The Morgan fingerprint density at radius 1 is 1.43 bits per heavy atom. The van der Waals surface area contributed by atoms with E-state index in [1.807, 2.05) is 0 Å². The maximum Gasteiger partial charge on any atom is 0.348 e. The maximum absolute atomic E-state index is 14.2. The van der Waals surface area contributed by atoms with Crippen LogP contribution in [0.25, 0.3) is 10.1 Å². The number of thiophene rings is 1. The van der Waals surface area contributed by atoms with Crippen LogP contribution < -0.4 is 5.32 Å². The number of nitrogens with one attached hydrogen (secondary N) is 2. The predicted octanol–water partition coefficient (Wildman–Crippen LogP) is 2.48. The highest BCUT2D eigenvalue weighted by Gasteiger charge is 2.21. The molecule has 0 atom stereocenters. The summed E-state index contributed by atoms with van der Waals surface area (Å²) in [5, 5.41) is 2.97. The lowest BCUT2D eigenvalue weighted by Gasteiger charge is -2.06. The van der Waals surface area contributed by atoms with Crippen molar-refractivity contribution in [1.29, 1.82) is 0 Å². The van der Waals surface area contributed by atoms with E-state index in [2.05, 4.69) is 15.3 Å². The fourth-order valence-electron chi connectivity index (χ4n) is 2.24. The molecule has 1 aromatic carbocycles. The van der Waals surface area contributed by atoms with Gasteiger partial charge in [0.15, 0.2) is 0 Å². The molecule has 3 aromatic rings. The van der Waals surface area contributed by atoms with Gasteiger partial charge in [-0.15, -0.1) is 11.3 Å². The monoisotopic (exact) mass is 333 g/mol. The Hall–Kier alpha value is -2.74. The van der Waals surface area contributed by atoms with Crippen molar-refractivity contribution in [2.45, 2.75) is 6.54 Å². The topological polar surface area (TPSA) is 84.1 Å². The molecule has 0 saturated heterocycles. The smallest absolute Gasteiger partial charge is 0.348 e. The number of esters is 1. The number of carbonyl (C=O) groups is 2. The van der Waals surface area contributed by atoms with Crippen molar-refractivity contribution in [2.75, 3.05) is 7.11 Å². The largest absolute Gasteiger partial charge is 0.465 e. The third-order valence-corrected chi connectivity index (χ3v) is 4.48. The summed E-state index contributed by atoms with van der Waals surface area (Å²) in [5.74, 6) is -1.40. The average molecular weight is 333 g/mol. The molecule has 118 valence electrons. The highest BCUT2D eigenvalue weighted by molar-refractivity contribution is 7.21. The Balaban J connectivity index is 1.97. The first-order chi connectivity index (χ1) is 11.1. The van der Waals surface area contributed by atoms with Crippen LogP contribution in [0.1, 0.15) is 25.7 Å². The minimum absolute atomic E-state index is 0.00319. The van der Waals surface area contributed by atoms with E-state index in [4.69, 9.17) is 4.74 Å². The number of halogens is 1. The van der Waals surface area contributed by atoms with Gasteiger partial charge in [-0.25, -0.2) is 14.2 Å². The molecule has 1 amide bonds. The maximum atomic E-state index is 14.2. The first kappa shape index (κ1) is 15.2. The molecule has 0 bridgehead atoms. The number of nitrogens with zero attached hydrogens (tertiary/aromatic N) is 1. The Morgan fingerprint density at radius 2 is 2.26 bits per heavy atom. The first-order valence-electron chi connectivity index (χ1n) is 6.66. The molecule has 0 spiro atoms. The third kappa shape index (κ3) is 2.80. The average Bonchev–Trinajstić information content (AvgIpc) is 3.20. The molecule has 0 aliphatic heterocycles. The van der Waals surface area contributed by atoms with Gasteiger partial charge in [0.1, 0.15) is 16.4 Å². The van der Waals surface area contributed by atoms with E-state index in [-0.39, 0.29) is 17.1 Å². The summed E-state index contributed by atoms with van der Waals surface area (Å²) in [6, 6.07) is 4.61. The zero-order valence-corrected chi connectivity index (χ0v) is 12.9. The third-order valence-electron chi connectivity index (χ3n) is 3.30. The van der Waals surface area contributed by atoms with Crippen molar-refractivity contribution in [1.82, 2.24) is 15.3 Å². The van der Waals surface area contributed by atoms with Gasteiger partial charge in [0.25, 0.3) is 5.91 Å². The molecule has 0 aliphatic rings. The molecule has 0 fully saturated rings. The number of H-pyrrole nitrogens is 1. The molecule has 0 saturated carbocycles. The quantitative estimate of drug-likeness (QED) is 0.719. The molecule has 23 heavy (non-hydrogen) atoms. The molecule has 2 heterocycles. The number of ether oxygens (including phenoxy) is 1. The summed E-state index contributed by atoms with van der Waals surface area (Å²) in [4.78, 5) is 30.6. The standard InChI is InChI=1S/C15H12FN3O3S/c1-22-15(21)13-8(5-18-14(20)10-6-17-7-19-10)12-9(16)3-2-4-11(12)23-13/h2-4,6-7H,5H2,1H3,(H,17,19)(H,18,20). The number of methoxy groups -OCH3 is 1. The Kier molecular flexibility index (Phi) is 4.07. The lowest BCUT2D eigenvalue weighted by atomic mass is 10.1. The van der Waals surface area contributed by atoms with Crippen LogP contribution in [0.4, 0.5) is 4.39 Å². The molecular weight excluding hydrogens is 321 g/mol. The fraction of sp³-hybridized carbons (Fsp3) is 0.133. The van der Waals surface area contributed by atoms with E-state index in [9.17, 15) is 14.0 Å². The number of imidazole rings is 1. The normalized spacial score (nSPS) is 10.7. The molecule has 6 nitrogen and oxygen atoms in total. The first-order valence-corrected chi connectivity index (χ1v) is 7.48. The Morgan fingerprint density at radius 3 is 2.96 bits per heavy atom. The van der Waals surface area contributed by atoms with E-state index in [1.54, 1.807) is 12.1 Å². The van der Waals surface area contributed by atoms with Crippen LogP contribution in [0.5, 0.6) is 0 Å². The Bertz CT molecular complexity index is 874. The van der Waals surface area contributed by atoms with Gasteiger partial charge in [-0.2, -0.15) is 0 Å². The molecule has 8 heteroatoms. The summed E-state index contributed by atoms with van der Waals surface area (Å²) in [6.07, 6.45) is 2.76. The lowest BCUT2D eigenvalue weighted by molar-refractivity contribution is 0.0604. The highest BCUT2D eigenvalue weighted by atomic mass is 32.1. The minimum atomic E-state index is -0.559. The van der Waals surface area contributed by atoms with Gasteiger partial charge in [-0.3, -0.25) is 4.79 Å². The van der Waals surface area contributed by atoms with Crippen LogP contribution in [-0.4, -0.2) is 29.0 Å². The number of hydrogen-bond acceptors (Lipinski definition) is 5. The number of amides is 1. The van der Waals surface area contributed by atoms with E-state index in [0.29, 0.717) is 15.6 Å². The number of carbonyl (C=O) groups excluding carboxylic acids is 2. The van der Waals surface area contributed by atoms with Crippen molar-refractivity contribution >= 4 is 33.3 Å². The second-order valence-corrected chi connectivity index (χ2v) is 5.71. The highest BCUT2D eigenvalue weighted by Crippen LogP contribution is 2.33. The molecular formula is C15H12FN3O3S. The molecule has 0 aliphatic carbocycles. The van der Waals surface area contributed by atoms with Gasteiger partial charge in [-0.05, 0) is 12.1 Å². The summed E-state index contributed by atoms with van der Waals surface area (Å²) in [6.45, 7) is 0.00319. The summed E-state index contributed by atoms with van der Waals surface area (Å²) >= 11 is 1.13. The minimum Gasteiger partial charge on any atom is -0.465 e. The number of fused-ring (bicyclic) bond motifs is 1. The SMILES string of the molecule is COC(=O)c1sc2cccc(F)c2c1CNC(=O)c1cnc[nH]1. The molecule has 0 unspecified atom stereocenters. The van der Waals surface area contributed by atoms with Crippen LogP contribution in [0.2, 0.25) is 0 Å². The van der Waals surface area contributed by atoms with Crippen molar-refractivity contribution in [3.63, 3.8) is 0 Å². The van der Waals surface area contributed by atoms with Gasteiger partial charge in [-0.1, -0.05) is 6.07 Å². The molecule has 0 radical (unpaired) electrons. The van der Waals surface area contributed by atoms with Crippen LogP contribution in [0.3, 0.4) is 0 Å². The summed E-state index contributed by atoms with van der Waals surface area (Å²) < 4.78 is 19.5. The van der Waals surface area contributed by atoms with Crippen molar-refractivity contribution in [2.24, 2.45) is 0 Å². The predicted molar refractivity (Wildman–Crippen MR) is 82.9 cm³/mol. The zero-order valence-electron chi connectivity index (χ0n) is 12.1. The van der Waals surface area contributed by atoms with E-state index in [0.717, 1.165) is 11.3 Å². The van der Waals surface area contributed by atoms with Gasteiger partial charge < -0.3 is 15.0 Å². The van der Waals surface area contributed by atoms with Crippen molar-refractivity contribution in [3.8, 4) is 0 Å². The fourth-order valence-corrected chi connectivity index (χ4v) is 3.39. The van der Waals surface area contributed by atoms with Gasteiger partial charge in [0.05, 0.1) is 19.6 Å². The summed E-state index contributed by atoms with van der Waals surface area (Å²) in [7, 11) is 1.26. The van der Waals surface area contributed by atoms with E-state index >= 15 is 0 Å². The van der Waals surface area contributed by atoms with Crippen LogP contribution in [-0.2, 0) is 11.3 Å². The van der Waals surface area contributed by atoms with Crippen LogP contribution >= 0.6 is 11.3 Å². The number of aromatic nitrogens is 2. The molecule has 2 aromatic heterocycles. The van der Waals surface area contributed by atoms with Crippen LogP contribution in [0, 0.1) is 5.82 Å².